The van der Waals surface area contributed by atoms with Crippen molar-refractivity contribution < 1.29 is 0 Å². The van der Waals surface area contributed by atoms with Gasteiger partial charge >= 0.3 is 0 Å². The Hall–Kier alpha value is -0.830. The summed E-state index contributed by atoms with van der Waals surface area (Å²) in [5.41, 5.74) is 2.53. The highest BCUT2D eigenvalue weighted by Gasteiger charge is 2.32. The molecule has 3 heteroatoms. The van der Waals surface area contributed by atoms with Crippen molar-refractivity contribution in [3.05, 3.63) is 17.5 Å². The maximum absolute atomic E-state index is 4.64. The van der Waals surface area contributed by atoms with E-state index in [-0.39, 0.29) is 0 Å². The normalized spacial score (nSPS) is 28.6. The topological polar surface area (TPSA) is 29.9 Å². The van der Waals surface area contributed by atoms with Crippen LogP contribution in [0.15, 0.2) is 6.07 Å². The standard InChI is InChI=1S/C17H31N3/c1-6-18-17(15-9-8-12(3)13(4)10-15)16-11-14(5)19-20(16)7-2/h11-13,15,17-18H,6-10H2,1-5H3. The third-order valence-electron chi connectivity index (χ3n) is 5.09. The molecule has 0 aromatic carbocycles. The lowest BCUT2D eigenvalue weighted by Gasteiger charge is -2.37. The second kappa shape index (κ2) is 6.75. The van der Waals surface area contributed by atoms with Gasteiger partial charge in [-0.3, -0.25) is 4.68 Å². The fourth-order valence-electron chi connectivity index (χ4n) is 3.69. The summed E-state index contributed by atoms with van der Waals surface area (Å²) in [7, 11) is 0. The average Bonchev–Trinajstić information content (AvgIpc) is 2.80. The van der Waals surface area contributed by atoms with Crippen molar-refractivity contribution >= 4 is 0 Å². The van der Waals surface area contributed by atoms with Gasteiger partial charge in [-0.2, -0.15) is 5.10 Å². The van der Waals surface area contributed by atoms with E-state index in [0.29, 0.717) is 6.04 Å². The molecule has 4 unspecified atom stereocenters. The molecule has 1 saturated carbocycles. The van der Waals surface area contributed by atoms with Crippen LogP contribution in [0.25, 0.3) is 0 Å². The Labute approximate surface area is 124 Å². The Balaban J connectivity index is 2.22. The number of nitrogens with one attached hydrogen (secondary N) is 1. The van der Waals surface area contributed by atoms with E-state index >= 15 is 0 Å². The fourth-order valence-corrected chi connectivity index (χ4v) is 3.69. The molecule has 0 bridgehead atoms. The maximum Gasteiger partial charge on any atom is 0.0597 e. The van der Waals surface area contributed by atoms with Crippen LogP contribution < -0.4 is 5.32 Å². The molecule has 0 aliphatic heterocycles. The molecule has 1 aromatic heterocycles. The molecular formula is C17H31N3. The van der Waals surface area contributed by atoms with Gasteiger partial charge in [0, 0.05) is 6.54 Å². The number of aromatic nitrogens is 2. The largest absolute Gasteiger partial charge is 0.309 e. The van der Waals surface area contributed by atoms with Crippen molar-refractivity contribution in [1.29, 1.82) is 0 Å². The summed E-state index contributed by atoms with van der Waals surface area (Å²) in [5, 5.41) is 8.37. The minimum atomic E-state index is 0.469. The summed E-state index contributed by atoms with van der Waals surface area (Å²) < 4.78 is 2.19. The van der Waals surface area contributed by atoms with E-state index in [4.69, 9.17) is 0 Å². The molecule has 1 aliphatic carbocycles. The lowest BCUT2D eigenvalue weighted by molar-refractivity contribution is 0.168. The SMILES string of the molecule is CCNC(c1cc(C)nn1CC)C1CCC(C)C(C)C1. The Morgan fingerprint density at radius 3 is 2.65 bits per heavy atom. The van der Waals surface area contributed by atoms with E-state index in [0.717, 1.165) is 36.5 Å². The van der Waals surface area contributed by atoms with Crippen LogP contribution in [0.5, 0.6) is 0 Å². The molecule has 4 atom stereocenters. The molecule has 2 rings (SSSR count). The minimum absolute atomic E-state index is 0.469. The first-order valence-corrected chi connectivity index (χ1v) is 8.34. The number of aryl methyl sites for hydroxylation is 2. The molecule has 1 aromatic rings. The molecule has 3 nitrogen and oxygen atoms in total. The third kappa shape index (κ3) is 3.25. The van der Waals surface area contributed by atoms with Crippen molar-refractivity contribution in [2.75, 3.05) is 6.54 Å². The summed E-state index contributed by atoms with van der Waals surface area (Å²) in [6.45, 7) is 13.3. The van der Waals surface area contributed by atoms with Crippen molar-refractivity contribution in [3.8, 4) is 0 Å². The first-order chi connectivity index (χ1) is 9.56. The van der Waals surface area contributed by atoms with Crippen molar-refractivity contribution in [1.82, 2.24) is 15.1 Å². The van der Waals surface area contributed by atoms with Crippen LogP contribution in [0.2, 0.25) is 0 Å². The van der Waals surface area contributed by atoms with E-state index in [1.165, 1.54) is 25.0 Å². The Morgan fingerprint density at radius 2 is 2.05 bits per heavy atom. The van der Waals surface area contributed by atoms with Crippen molar-refractivity contribution in [3.63, 3.8) is 0 Å². The molecule has 1 fully saturated rings. The zero-order chi connectivity index (χ0) is 14.7. The average molecular weight is 277 g/mol. The highest BCUT2D eigenvalue weighted by molar-refractivity contribution is 5.15. The van der Waals surface area contributed by atoms with Crippen LogP contribution in [-0.2, 0) is 6.54 Å². The van der Waals surface area contributed by atoms with Gasteiger partial charge < -0.3 is 5.32 Å². The molecule has 1 N–H and O–H groups in total. The first-order valence-electron chi connectivity index (χ1n) is 8.34. The van der Waals surface area contributed by atoms with Gasteiger partial charge in [-0.15, -0.1) is 0 Å². The zero-order valence-corrected chi connectivity index (χ0v) is 13.8. The smallest absolute Gasteiger partial charge is 0.0597 e. The number of rotatable bonds is 5. The Bertz CT molecular complexity index is 424. The summed E-state index contributed by atoms with van der Waals surface area (Å²) in [5.74, 6) is 2.47. The van der Waals surface area contributed by atoms with E-state index in [9.17, 15) is 0 Å². The van der Waals surface area contributed by atoms with Crippen LogP contribution in [0, 0.1) is 24.7 Å². The van der Waals surface area contributed by atoms with Gasteiger partial charge in [0.15, 0.2) is 0 Å². The van der Waals surface area contributed by atoms with Gasteiger partial charge in [-0.25, -0.2) is 0 Å². The van der Waals surface area contributed by atoms with Crippen molar-refractivity contribution in [2.24, 2.45) is 17.8 Å². The monoisotopic (exact) mass is 277 g/mol. The van der Waals surface area contributed by atoms with Gasteiger partial charge in [0.2, 0.25) is 0 Å². The van der Waals surface area contributed by atoms with Gasteiger partial charge in [0.1, 0.15) is 0 Å². The predicted octanol–water partition coefficient (Wildman–Crippen LogP) is 3.93. The van der Waals surface area contributed by atoms with E-state index in [2.05, 4.69) is 55.8 Å². The summed E-state index contributed by atoms with van der Waals surface area (Å²) in [4.78, 5) is 0. The molecule has 0 amide bonds. The second-order valence-electron chi connectivity index (χ2n) is 6.59. The fraction of sp³-hybridized carbons (Fsp3) is 0.824. The molecule has 1 aliphatic rings. The van der Waals surface area contributed by atoms with Gasteiger partial charge in [0.25, 0.3) is 0 Å². The van der Waals surface area contributed by atoms with Gasteiger partial charge in [0.05, 0.1) is 17.4 Å². The second-order valence-corrected chi connectivity index (χ2v) is 6.59. The maximum atomic E-state index is 4.64. The molecule has 0 saturated heterocycles. The van der Waals surface area contributed by atoms with Crippen LogP contribution in [0.1, 0.15) is 64.4 Å². The van der Waals surface area contributed by atoms with Crippen LogP contribution in [0.3, 0.4) is 0 Å². The van der Waals surface area contributed by atoms with E-state index in [1.807, 2.05) is 0 Å². The van der Waals surface area contributed by atoms with E-state index < -0.39 is 0 Å². The lowest BCUT2D eigenvalue weighted by Crippen LogP contribution is -2.34. The molecular weight excluding hydrogens is 246 g/mol. The Morgan fingerprint density at radius 1 is 1.30 bits per heavy atom. The first kappa shape index (κ1) is 15.6. The van der Waals surface area contributed by atoms with Gasteiger partial charge in [-0.1, -0.05) is 27.2 Å². The molecule has 0 radical (unpaired) electrons. The molecule has 114 valence electrons. The number of nitrogens with zero attached hydrogens (tertiary/aromatic N) is 2. The number of hydrogen-bond acceptors (Lipinski definition) is 2. The highest BCUT2D eigenvalue weighted by atomic mass is 15.3. The summed E-state index contributed by atoms with van der Waals surface area (Å²) >= 11 is 0. The third-order valence-corrected chi connectivity index (χ3v) is 5.09. The highest BCUT2D eigenvalue weighted by Crippen LogP contribution is 2.40. The van der Waals surface area contributed by atoms with Crippen LogP contribution in [-0.4, -0.2) is 16.3 Å². The number of hydrogen-bond donors (Lipinski definition) is 1. The summed E-state index contributed by atoms with van der Waals surface area (Å²) in [6, 6.07) is 2.75. The Kier molecular flexibility index (Phi) is 5.25. The van der Waals surface area contributed by atoms with Crippen LogP contribution in [0.4, 0.5) is 0 Å². The summed E-state index contributed by atoms with van der Waals surface area (Å²) in [6.07, 6.45) is 4.05. The molecule has 0 spiro atoms. The molecule has 20 heavy (non-hydrogen) atoms. The predicted molar refractivity (Wildman–Crippen MR) is 84.7 cm³/mol. The van der Waals surface area contributed by atoms with Crippen molar-refractivity contribution in [2.45, 2.75) is 66.5 Å². The lowest BCUT2D eigenvalue weighted by atomic mass is 9.72. The minimum Gasteiger partial charge on any atom is -0.309 e. The molecule has 1 heterocycles. The quantitative estimate of drug-likeness (QED) is 0.883. The van der Waals surface area contributed by atoms with E-state index in [1.54, 1.807) is 0 Å². The van der Waals surface area contributed by atoms with Gasteiger partial charge in [-0.05, 0) is 57.1 Å². The zero-order valence-electron chi connectivity index (χ0n) is 13.8. The van der Waals surface area contributed by atoms with Crippen LogP contribution >= 0.6 is 0 Å².